The van der Waals surface area contributed by atoms with Crippen LogP contribution in [0.5, 0.6) is 0 Å². The molecule has 1 saturated heterocycles. The largest absolute Gasteiger partial charge is 0.366 e. The van der Waals surface area contributed by atoms with Crippen LogP contribution in [0.25, 0.3) is 0 Å². The normalized spacial score (nSPS) is 20.6. The van der Waals surface area contributed by atoms with E-state index < -0.39 is 0 Å². The summed E-state index contributed by atoms with van der Waals surface area (Å²) in [5.74, 6) is -0.374. The number of hydrogen-bond acceptors (Lipinski definition) is 2. The van der Waals surface area contributed by atoms with Crippen molar-refractivity contribution < 1.29 is 9.18 Å². The van der Waals surface area contributed by atoms with E-state index in [0.29, 0.717) is 17.3 Å². The standard InChI is InChI=1S/C15H20FNO/c1-11-6-4-3-5-9-17(11)15-8-7-13(12(2)18)10-14(15)16/h7-8,10-11H,3-6,9H2,1-2H3. The van der Waals surface area contributed by atoms with Crippen molar-refractivity contribution >= 4 is 11.5 Å². The summed E-state index contributed by atoms with van der Waals surface area (Å²) in [6.07, 6.45) is 4.64. The van der Waals surface area contributed by atoms with Gasteiger partial charge in [0.05, 0.1) is 5.69 Å². The van der Waals surface area contributed by atoms with E-state index in [2.05, 4.69) is 11.8 Å². The van der Waals surface area contributed by atoms with E-state index in [4.69, 9.17) is 0 Å². The second-order valence-corrected chi connectivity index (χ2v) is 5.11. The van der Waals surface area contributed by atoms with Gasteiger partial charge in [0.15, 0.2) is 5.78 Å². The molecule has 0 aliphatic carbocycles. The summed E-state index contributed by atoms with van der Waals surface area (Å²) < 4.78 is 14.1. The highest BCUT2D eigenvalue weighted by molar-refractivity contribution is 5.94. The molecule has 1 aromatic carbocycles. The zero-order valence-corrected chi connectivity index (χ0v) is 11.1. The fourth-order valence-electron chi connectivity index (χ4n) is 2.59. The summed E-state index contributed by atoms with van der Waals surface area (Å²) in [6, 6.07) is 5.19. The third-order valence-corrected chi connectivity index (χ3v) is 3.72. The first-order chi connectivity index (χ1) is 8.59. The van der Waals surface area contributed by atoms with Crippen molar-refractivity contribution in [3.05, 3.63) is 29.6 Å². The fraction of sp³-hybridized carbons (Fsp3) is 0.533. The zero-order valence-electron chi connectivity index (χ0n) is 11.1. The minimum absolute atomic E-state index is 0.0932. The number of ketones is 1. The van der Waals surface area contributed by atoms with Crippen LogP contribution in [0.15, 0.2) is 18.2 Å². The van der Waals surface area contributed by atoms with Gasteiger partial charge >= 0.3 is 0 Å². The van der Waals surface area contributed by atoms with Crippen LogP contribution in [0.3, 0.4) is 0 Å². The van der Waals surface area contributed by atoms with Crippen LogP contribution in [0.1, 0.15) is 49.9 Å². The molecular weight excluding hydrogens is 229 g/mol. The Bertz CT molecular complexity index is 444. The van der Waals surface area contributed by atoms with E-state index in [1.54, 1.807) is 12.1 Å². The third kappa shape index (κ3) is 2.71. The lowest BCUT2D eigenvalue weighted by molar-refractivity contribution is 0.101. The second-order valence-electron chi connectivity index (χ2n) is 5.11. The highest BCUT2D eigenvalue weighted by Crippen LogP contribution is 2.27. The van der Waals surface area contributed by atoms with Crippen LogP contribution in [0.4, 0.5) is 10.1 Å². The molecule has 0 radical (unpaired) electrons. The summed E-state index contributed by atoms with van der Waals surface area (Å²) in [6.45, 7) is 4.50. The fourth-order valence-corrected chi connectivity index (χ4v) is 2.59. The predicted octanol–water partition coefficient (Wildman–Crippen LogP) is 3.80. The SMILES string of the molecule is CC(=O)c1ccc(N2CCCCCC2C)c(F)c1. The van der Waals surface area contributed by atoms with Crippen molar-refractivity contribution in [2.24, 2.45) is 0 Å². The Balaban J connectivity index is 2.29. The van der Waals surface area contributed by atoms with Gasteiger partial charge < -0.3 is 4.90 Å². The van der Waals surface area contributed by atoms with Crippen LogP contribution in [-0.2, 0) is 0 Å². The van der Waals surface area contributed by atoms with E-state index in [1.807, 2.05) is 0 Å². The van der Waals surface area contributed by atoms with Crippen molar-refractivity contribution in [1.82, 2.24) is 0 Å². The lowest BCUT2D eigenvalue weighted by Gasteiger charge is -2.29. The van der Waals surface area contributed by atoms with Crippen molar-refractivity contribution in [2.45, 2.75) is 45.6 Å². The molecule has 1 unspecified atom stereocenters. The van der Waals surface area contributed by atoms with Gasteiger partial charge in [-0.1, -0.05) is 12.8 Å². The number of benzene rings is 1. The lowest BCUT2D eigenvalue weighted by Crippen LogP contribution is -2.33. The summed E-state index contributed by atoms with van der Waals surface area (Å²) in [4.78, 5) is 13.4. The van der Waals surface area contributed by atoms with E-state index >= 15 is 0 Å². The smallest absolute Gasteiger partial charge is 0.159 e. The minimum atomic E-state index is -0.281. The summed E-state index contributed by atoms with van der Waals surface area (Å²) in [5.41, 5.74) is 1.08. The highest BCUT2D eigenvalue weighted by Gasteiger charge is 2.20. The number of Topliss-reactive ketones (excluding diaryl/α,β-unsaturated/α-hetero) is 1. The number of halogens is 1. The monoisotopic (exact) mass is 249 g/mol. The number of anilines is 1. The molecule has 2 rings (SSSR count). The van der Waals surface area contributed by atoms with E-state index in [9.17, 15) is 9.18 Å². The quantitative estimate of drug-likeness (QED) is 0.743. The average molecular weight is 249 g/mol. The first-order valence-electron chi connectivity index (χ1n) is 6.66. The molecular formula is C15H20FNO. The summed E-state index contributed by atoms with van der Waals surface area (Å²) >= 11 is 0. The molecule has 18 heavy (non-hydrogen) atoms. The van der Waals surface area contributed by atoms with Crippen LogP contribution < -0.4 is 4.90 Å². The van der Waals surface area contributed by atoms with Crippen LogP contribution in [-0.4, -0.2) is 18.4 Å². The van der Waals surface area contributed by atoms with Crippen molar-refractivity contribution in [3.63, 3.8) is 0 Å². The topological polar surface area (TPSA) is 20.3 Å². The maximum atomic E-state index is 14.1. The van der Waals surface area contributed by atoms with Crippen molar-refractivity contribution in [3.8, 4) is 0 Å². The molecule has 98 valence electrons. The van der Waals surface area contributed by atoms with E-state index in [0.717, 1.165) is 19.4 Å². The van der Waals surface area contributed by atoms with Gasteiger partial charge in [-0.15, -0.1) is 0 Å². The first-order valence-corrected chi connectivity index (χ1v) is 6.66. The molecule has 1 aliphatic heterocycles. The Morgan fingerprint density at radius 1 is 1.33 bits per heavy atom. The van der Waals surface area contributed by atoms with Crippen LogP contribution >= 0.6 is 0 Å². The minimum Gasteiger partial charge on any atom is -0.366 e. The number of rotatable bonds is 2. The Morgan fingerprint density at radius 3 is 2.78 bits per heavy atom. The maximum Gasteiger partial charge on any atom is 0.159 e. The van der Waals surface area contributed by atoms with Gasteiger partial charge in [-0.3, -0.25) is 4.79 Å². The molecule has 1 aromatic rings. The van der Waals surface area contributed by atoms with Gasteiger partial charge in [0, 0.05) is 18.2 Å². The molecule has 0 saturated carbocycles. The van der Waals surface area contributed by atoms with Gasteiger partial charge in [0.2, 0.25) is 0 Å². The second kappa shape index (κ2) is 5.51. The number of carbonyl (C=O) groups excluding carboxylic acids is 1. The zero-order chi connectivity index (χ0) is 13.1. The molecule has 0 amide bonds. The maximum absolute atomic E-state index is 14.1. The number of hydrogen-bond donors (Lipinski definition) is 0. The van der Waals surface area contributed by atoms with Crippen LogP contribution in [0.2, 0.25) is 0 Å². The average Bonchev–Trinajstić information content (AvgIpc) is 2.54. The van der Waals surface area contributed by atoms with Crippen LogP contribution in [0, 0.1) is 5.82 Å². The van der Waals surface area contributed by atoms with E-state index in [-0.39, 0.29) is 11.6 Å². The van der Waals surface area contributed by atoms with Gasteiger partial charge in [-0.25, -0.2) is 4.39 Å². The number of carbonyl (C=O) groups is 1. The Morgan fingerprint density at radius 2 is 2.11 bits per heavy atom. The molecule has 1 atom stereocenters. The highest BCUT2D eigenvalue weighted by atomic mass is 19.1. The summed E-state index contributed by atoms with van der Waals surface area (Å²) in [5, 5.41) is 0. The molecule has 0 N–H and O–H groups in total. The number of nitrogens with zero attached hydrogens (tertiary/aromatic N) is 1. The van der Waals surface area contributed by atoms with Crippen molar-refractivity contribution in [1.29, 1.82) is 0 Å². The molecule has 1 fully saturated rings. The lowest BCUT2D eigenvalue weighted by atomic mass is 10.1. The Kier molecular flexibility index (Phi) is 4.00. The molecule has 2 nitrogen and oxygen atoms in total. The van der Waals surface area contributed by atoms with Gasteiger partial charge in [0.1, 0.15) is 5.82 Å². The van der Waals surface area contributed by atoms with Gasteiger partial charge in [-0.05, 0) is 44.9 Å². The molecule has 1 aliphatic rings. The Labute approximate surface area is 108 Å². The predicted molar refractivity (Wildman–Crippen MR) is 71.7 cm³/mol. The Hall–Kier alpha value is -1.38. The molecule has 3 heteroatoms. The molecule has 0 aromatic heterocycles. The van der Waals surface area contributed by atoms with Crippen molar-refractivity contribution in [2.75, 3.05) is 11.4 Å². The summed E-state index contributed by atoms with van der Waals surface area (Å²) in [7, 11) is 0. The van der Waals surface area contributed by atoms with Gasteiger partial charge in [0.25, 0.3) is 0 Å². The first kappa shape index (κ1) is 13.1. The molecule has 0 spiro atoms. The molecule has 1 heterocycles. The van der Waals surface area contributed by atoms with Gasteiger partial charge in [-0.2, -0.15) is 0 Å². The van der Waals surface area contributed by atoms with E-state index in [1.165, 1.54) is 25.8 Å². The molecule has 0 bridgehead atoms. The third-order valence-electron chi connectivity index (χ3n) is 3.72.